The summed E-state index contributed by atoms with van der Waals surface area (Å²) in [5, 5.41) is 3.44. The highest BCUT2D eigenvalue weighted by Crippen LogP contribution is 2.28. The van der Waals surface area contributed by atoms with Crippen molar-refractivity contribution in [1.82, 2.24) is 14.5 Å². The number of hydrogen-bond donors (Lipinski definition) is 1. The van der Waals surface area contributed by atoms with Crippen molar-refractivity contribution in [3.63, 3.8) is 0 Å². The number of amides is 1. The summed E-state index contributed by atoms with van der Waals surface area (Å²) in [5.74, 6) is 1.24. The second-order valence-corrected chi connectivity index (χ2v) is 9.69. The van der Waals surface area contributed by atoms with Crippen LogP contribution >= 0.6 is 0 Å². The highest BCUT2D eigenvalue weighted by atomic mass is 32.2. The standard InChI is InChI=1S/C19H29N3O3S/c1-14(2)21(3)26(24,25)18-6-4-5-15(11-18)19(23)22-9-7-16-12-20-13-17(16)8-10-22/h4-6,11,14,16-17,20H,7-10,12-13H2,1-3H3/t16-,17+. The summed E-state index contributed by atoms with van der Waals surface area (Å²) in [7, 11) is -2.02. The van der Waals surface area contributed by atoms with E-state index in [9.17, 15) is 13.2 Å². The zero-order valence-electron chi connectivity index (χ0n) is 15.8. The highest BCUT2D eigenvalue weighted by molar-refractivity contribution is 7.89. The van der Waals surface area contributed by atoms with Crippen LogP contribution in [0, 0.1) is 11.8 Å². The van der Waals surface area contributed by atoms with Crippen LogP contribution in [0.25, 0.3) is 0 Å². The number of fused-ring (bicyclic) bond motifs is 1. The molecule has 1 N–H and O–H groups in total. The topological polar surface area (TPSA) is 69.7 Å². The second-order valence-electron chi connectivity index (χ2n) is 7.69. The molecular weight excluding hydrogens is 350 g/mol. The van der Waals surface area contributed by atoms with Crippen LogP contribution in [0.4, 0.5) is 0 Å². The number of likely N-dealkylation sites (tertiary alicyclic amines) is 1. The van der Waals surface area contributed by atoms with Crippen LogP contribution in [0.3, 0.4) is 0 Å². The summed E-state index contributed by atoms with van der Waals surface area (Å²) in [4.78, 5) is 15.0. The number of carbonyl (C=O) groups excluding carboxylic acids is 1. The molecule has 1 aromatic carbocycles. The molecule has 0 saturated carbocycles. The van der Waals surface area contributed by atoms with Gasteiger partial charge in [0.2, 0.25) is 10.0 Å². The van der Waals surface area contributed by atoms with Gasteiger partial charge in [0.25, 0.3) is 5.91 Å². The molecule has 7 heteroatoms. The maximum Gasteiger partial charge on any atom is 0.253 e. The lowest BCUT2D eigenvalue weighted by Crippen LogP contribution is -2.34. The second kappa shape index (κ2) is 7.66. The van der Waals surface area contributed by atoms with E-state index in [1.165, 1.54) is 10.4 Å². The fourth-order valence-electron chi connectivity index (χ4n) is 3.84. The lowest BCUT2D eigenvalue weighted by atomic mass is 9.92. The van der Waals surface area contributed by atoms with Crippen LogP contribution in [-0.2, 0) is 10.0 Å². The molecule has 0 unspecified atom stereocenters. The van der Waals surface area contributed by atoms with Crippen molar-refractivity contribution in [2.24, 2.45) is 11.8 Å². The maximum atomic E-state index is 13.0. The van der Waals surface area contributed by atoms with Gasteiger partial charge < -0.3 is 10.2 Å². The van der Waals surface area contributed by atoms with E-state index in [0.29, 0.717) is 17.4 Å². The lowest BCUT2D eigenvalue weighted by Gasteiger charge is -2.23. The highest BCUT2D eigenvalue weighted by Gasteiger charge is 2.32. The molecule has 26 heavy (non-hydrogen) atoms. The minimum atomic E-state index is -3.59. The Morgan fingerprint density at radius 1 is 1.19 bits per heavy atom. The van der Waals surface area contributed by atoms with Crippen LogP contribution in [0.1, 0.15) is 37.0 Å². The van der Waals surface area contributed by atoms with Gasteiger partial charge in [0, 0.05) is 31.7 Å². The van der Waals surface area contributed by atoms with Gasteiger partial charge in [-0.3, -0.25) is 4.79 Å². The Balaban J connectivity index is 1.78. The molecule has 2 aliphatic heterocycles. The summed E-state index contributed by atoms with van der Waals surface area (Å²) in [6.45, 7) is 7.23. The average Bonchev–Trinajstić information content (AvgIpc) is 2.99. The summed E-state index contributed by atoms with van der Waals surface area (Å²) in [6.07, 6.45) is 2.02. The monoisotopic (exact) mass is 379 g/mol. The fourth-order valence-corrected chi connectivity index (χ4v) is 5.25. The van der Waals surface area contributed by atoms with Gasteiger partial charge in [-0.15, -0.1) is 0 Å². The van der Waals surface area contributed by atoms with E-state index >= 15 is 0 Å². The Labute approximate surface area is 156 Å². The lowest BCUT2D eigenvalue weighted by molar-refractivity contribution is 0.0758. The van der Waals surface area contributed by atoms with Gasteiger partial charge in [-0.1, -0.05) is 6.07 Å². The smallest absolute Gasteiger partial charge is 0.253 e. The zero-order chi connectivity index (χ0) is 18.9. The normalized spacial score (nSPS) is 24.0. The number of hydrogen-bond acceptors (Lipinski definition) is 4. The molecule has 0 bridgehead atoms. The van der Waals surface area contributed by atoms with Crippen molar-refractivity contribution >= 4 is 15.9 Å². The molecule has 2 saturated heterocycles. The first kappa shape index (κ1) is 19.3. The van der Waals surface area contributed by atoms with E-state index in [1.54, 1.807) is 25.2 Å². The van der Waals surface area contributed by atoms with E-state index in [-0.39, 0.29) is 16.8 Å². The van der Waals surface area contributed by atoms with Gasteiger partial charge in [0.05, 0.1) is 4.90 Å². The molecule has 0 aromatic heterocycles. The third-order valence-corrected chi connectivity index (χ3v) is 7.82. The molecule has 2 heterocycles. The predicted octanol–water partition coefficient (Wildman–Crippen LogP) is 1.79. The van der Waals surface area contributed by atoms with Crippen LogP contribution in [0.5, 0.6) is 0 Å². The van der Waals surface area contributed by atoms with E-state index in [0.717, 1.165) is 39.0 Å². The molecular formula is C19H29N3O3S. The number of nitrogens with zero attached hydrogens (tertiary/aromatic N) is 2. The third-order valence-electron chi connectivity index (χ3n) is 5.79. The molecule has 2 atom stereocenters. The van der Waals surface area contributed by atoms with Gasteiger partial charge in [-0.25, -0.2) is 8.42 Å². The number of benzene rings is 1. The Kier molecular flexibility index (Phi) is 5.69. The predicted molar refractivity (Wildman–Crippen MR) is 102 cm³/mol. The molecule has 3 rings (SSSR count). The van der Waals surface area contributed by atoms with Crippen molar-refractivity contribution in [1.29, 1.82) is 0 Å². The number of nitrogens with one attached hydrogen (secondary N) is 1. The summed E-state index contributed by atoms with van der Waals surface area (Å²) >= 11 is 0. The van der Waals surface area contributed by atoms with E-state index < -0.39 is 10.0 Å². The molecule has 0 spiro atoms. The van der Waals surface area contributed by atoms with Gasteiger partial charge in [-0.05, 0) is 69.8 Å². The Morgan fingerprint density at radius 3 is 2.38 bits per heavy atom. The molecule has 1 aromatic rings. The average molecular weight is 380 g/mol. The molecule has 2 aliphatic rings. The summed E-state index contributed by atoms with van der Waals surface area (Å²) < 4.78 is 26.7. The largest absolute Gasteiger partial charge is 0.339 e. The number of sulfonamides is 1. The maximum absolute atomic E-state index is 13.0. The molecule has 0 aliphatic carbocycles. The van der Waals surface area contributed by atoms with Crippen LogP contribution < -0.4 is 5.32 Å². The van der Waals surface area contributed by atoms with Crippen LogP contribution in [0.15, 0.2) is 29.2 Å². The molecule has 2 fully saturated rings. The van der Waals surface area contributed by atoms with Gasteiger partial charge >= 0.3 is 0 Å². The van der Waals surface area contributed by atoms with Gasteiger partial charge in [-0.2, -0.15) is 4.31 Å². The van der Waals surface area contributed by atoms with E-state index in [4.69, 9.17) is 0 Å². The SMILES string of the molecule is CC(C)N(C)S(=O)(=O)c1cccc(C(=O)N2CC[C@@H]3CNC[C@@H]3CC2)c1. The van der Waals surface area contributed by atoms with Crippen LogP contribution in [0.2, 0.25) is 0 Å². The quantitative estimate of drug-likeness (QED) is 0.866. The summed E-state index contributed by atoms with van der Waals surface area (Å²) in [5.41, 5.74) is 0.452. The Hall–Kier alpha value is -1.44. The van der Waals surface area contributed by atoms with Crippen molar-refractivity contribution in [3.8, 4) is 0 Å². The first-order valence-corrected chi connectivity index (χ1v) is 10.8. The Bertz CT molecular complexity index is 749. The Morgan fingerprint density at radius 2 is 1.81 bits per heavy atom. The zero-order valence-corrected chi connectivity index (χ0v) is 16.6. The first-order chi connectivity index (χ1) is 12.3. The van der Waals surface area contributed by atoms with E-state index in [1.807, 2.05) is 18.7 Å². The van der Waals surface area contributed by atoms with Crippen molar-refractivity contribution in [3.05, 3.63) is 29.8 Å². The fraction of sp³-hybridized carbons (Fsp3) is 0.632. The molecule has 0 radical (unpaired) electrons. The number of rotatable bonds is 4. The minimum Gasteiger partial charge on any atom is -0.339 e. The molecule has 144 valence electrons. The van der Waals surface area contributed by atoms with Crippen molar-refractivity contribution in [2.45, 2.75) is 37.6 Å². The summed E-state index contributed by atoms with van der Waals surface area (Å²) in [6, 6.07) is 6.31. The molecule has 1 amide bonds. The van der Waals surface area contributed by atoms with Crippen molar-refractivity contribution in [2.75, 3.05) is 33.2 Å². The van der Waals surface area contributed by atoms with E-state index in [2.05, 4.69) is 5.32 Å². The minimum absolute atomic E-state index is 0.0674. The molecule has 6 nitrogen and oxygen atoms in total. The van der Waals surface area contributed by atoms with Crippen LogP contribution in [-0.4, -0.2) is 62.8 Å². The first-order valence-electron chi connectivity index (χ1n) is 9.39. The number of carbonyl (C=O) groups is 1. The van der Waals surface area contributed by atoms with Crippen molar-refractivity contribution < 1.29 is 13.2 Å². The van der Waals surface area contributed by atoms with Gasteiger partial charge in [0.1, 0.15) is 0 Å². The third kappa shape index (κ3) is 3.80. The van der Waals surface area contributed by atoms with Gasteiger partial charge in [0.15, 0.2) is 0 Å².